The number of hydrogen-bond donors (Lipinski definition) is 1. The molecule has 5 nitrogen and oxygen atoms in total. The molecule has 0 radical (unpaired) electrons. The number of carbonyl (C=O) groups is 1. The maximum Gasteiger partial charge on any atom is 0.256 e. The van der Waals surface area contributed by atoms with Crippen LogP contribution in [0, 0.1) is 5.92 Å². The summed E-state index contributed by atoms with van der Waals surface area (Å²) in [5, 5.41) is 3.83. The Labute approximate surface area is 159 Å². The van der Waals surface area contributed by atoms with E-state index in [4.69, 9.17) is 0 Å². The molecule has 1 N–H and O–H groups in total. The van der Waals surface area contributed by atoms with Crippen molar-refractivity contribution >= 4 is 16.8 Å². The zero-order valence-electron chi connectivity index (χ0n) is 15.9. The van der Waals surface area contributed by atoms with Crippen LogP contribution in [0.15, 0.2) is 35.3 Å². The van der Waals surface area contributed by atoms with Gasteiger partial charge in [-0.3, -0.25) is 9.59 Å². The largest absolute Gasteiger partial charge is 0.349 e. The fraction of sp³-hybridized carbons (Fsp3) is 0.545. The van der Waals surface area contributed by atoms with Crippen LogP contribution >= 0.6 is 0 Å². The second kappa shape index (κ2) is 6.48. The molecule has 1 amide bonds. The summed E-state index contributed by atoms with van der Waals surface area (Å²) in [5.41, 5.74) is 1.08. The topological polar surface area (TPSA) is 54.3 Å². The standard InChI is InChI=1S/C22H27N3O2/c1-24-16-8-9-17(24)11-15(10-16)23-22(27)19-13-25(12-14-6-7-14)20-5-3-2-4-18(20)21(19)26/h2-5,13-17H,6-12H2,1H3,(H,23,27). The van der Waals surface area contributed by atoms with Crippen LogP contribution in [0.3, 0.4) is 0 Å². The number of pyridine rings is 1. The van der Waals surface area contributed by atoms with Gasteiger partial charge in [-0.2, -0.15) is 0 Å². The van der Waals surface area contributed by atoms with E-state index >= 15 is 0 Å². The molecular formula is C22H27N3O2. The average molecular weight is 365 g/mol. The third-order valence-corrected chi connectivity index (χ3v) is 6.82. The Morgan fingerprint density at radius 3 is 2.52 bits per heavy atom. The van der Waals surface area contributed by atoms with Crippen LogP contribution in [0.2, 0.25) is 0 Å². The number of fused-ring (bicyclic) bond motifs is 3. The summed E-state index contributed by atoms with van der Waals surface area (Å²) in [4.78, 5) is 28.4. The molecule has 3 fully saturated rings. The first kappa shape index (κ1) is 17.0. The van der Waals surface area contributed by atoms with Gasteiger partial charge in [-0.25, -0.2) is 0 Å². The number of nitrogens with one attached hydrogen (secondary N) is 1. The molecule has 1 aliphatic carbocycles. The molecule has 2 aliphatic heterocycles. The molecule has 5 rings (SSSR count). The molecule has 5 heteroatoms. The smallest absolute Gasteiger partial charge is 0.256 e. The SMILES string of the molecule is CN1C2CCC1CC(NC(=O)c1cn(CC3CC3)c3ccccc3c1=O)C2. The van der Waals surface area contributed by atoms with Gasteiger partial charge in [-0.1, -0.05) is 12.1 Å². The molecule has 2 unspecified atom stereocenters. The van der Waals surface area contributed by atoms with Gasteiger partial charge in [0.25, 0.3) is 5.91 Å². The number of aromatic nitrogens is 1. The van der Waals surface area contributed by atoms with Gasteiger partial charge < -0.3 is 14.8 Å². The zero-order chi connectivity index (χ0) is 18.5. The molecular weight excluding hydrogens is 338 g/mol. The lowest BCUT2D eigenvalue weighted by molar-refractivity contribution is 0.0881. The van der Waals surface area contributed by atoms with Gasteiger partial charge in [-0.15, -0.1) is 0 Å². The molecule has 1 aromatic carbocycles. The summed E-state index contributed by atoms with van der Waals surface area (Å²) < 4.78 is 2.11. The van der Waals surface area contributed by atoms with Crippen LogP contribution in [-0.4, -0.2) is 40.5 Å². The van der Waals surface area contributed by atoms with Crippen LogP contribution in [-0.2, 0) is 6.54 Å². The van der Waals surface area contributed by atoms with Gasteiger partial charge >= 0.3 is 0 Å². The predicted octanol–water partition coefficient (Wildman–Crippen LogP) is 2.77. The molecule has 27 heavy (non-hydrogen) atoms. The number of para-hydroxylation sites is 1. The number of hydrogen-bond acceptors (Lipinski definition) is 3. The maximum atomic E-state index is 13.0. The van der Waals surface area contributed by atoms with Crippen molar-refractivity contribution in [1.29, 1.82) is 0 Å². The van der Waals surface area contributed by atoms with Gasteiger partial charge in [-0.05, 0) is 63.6 Å². The molecule has 2 aromatic rings. The first-order chi connectivity index (χ1) is 13.1. The van der Waals surface area contributed by atoms with Crippen LogP contribution in [0.5, 0.6) is 0 Å². The fourth-order valence-electron chi connectivity index (χ4n) is 5.03. The summed E-state index contributed by atoms with van der Waals surface area (Å²) >= 11 is 0. The highest BCUT2D eigenvalue weighted by Crippen LogP contribution is 2.34. The van der Waals surface area contributed by atoms with E-state index in [0.29, 0.717) is 29.0 Å². The van der Waals surface area contributed by atoms with Crippen molar-refractivity contribution in [2.45, 2.75) is 63.2 Å². The summed E-state index contributed by atoms with van der Waals surface area (Å²) in [5.74, 6) is 0.473. The van der Waals surface area contributed by atoms with Crippen LogP contribution in [0.4, 0.5) is 0 Å². The molecule has 1 aromatic heterocycles. The summed E-state index contributed by atoms with van der Waals surface area (Å²) in [6.07, 6.45) is 8.68. The Morgan fingerprint density at radius 2 is 1.81 bits per heavy atom. The predicted molar refractivity (Wildman–Crippen MR) is 106 cm³/mol. The first-order valence-corrected chi connectivity index (χ1v) is 10.2. The molecule has 0 spiro atoms. The summed E-state index contributed by atoms with van der Waals surface area (Å²) in [7, 11) is 2.19. The Hall–Kier alpha value is -2.14. The Kier molecular flexibility index (Phi) is 4.08. The van der Waals surface area contributed by atoms with Crippen LogP contribution in [0.25, 0.3) is 10.9 Å². The van der Waals surface area contributed by atoms with Crippen molar-refractivity contribution in [2.24, 2.45) is 5.92 Å². The van der Waals surface area contributed by atoms with Crippen LogP contribution in [0.1, 0.15) is 48.9 Å². The van der Waals surface area contributed by atoms with Gasteiger partial charge in [0.1, 0.15) is 5.56 Å². The molecule has 2 saturated heterocycles. The third kappa shape index (κ3) is 3.08. The average Bonchev–Trinajstić information content (AvgIpc) is 3.45. The zero-order valence-corrected chi connectivity index (χ0v) is 15.9. The lowest BCUT2D eigenvalue weighted by Gasteiger charge is -2.36. The normalized spacial score (nSPS) is 27.8. The first-order valence-electron chi connectivity index (χ1n) is 10.2. The van der Waals surface area contributed by atoms with Gasteiger partial charge in [0.05, 0.1) is 5.52 Å². The van der Waals surface area contributed by atoms with Gasteiger partial charge in [0, 0.05) is 36.3 Å². The minimum atomic E-state index is -0.204. The van der Waals surface area contributed by atoms with E-state index < -0.39 is 0 Å². The summed E-state index contributed by atoms with van der Waals surface area (Å²) in [6, 6.07) is 8.97. The lowest BCUT2D eigenvalue weighted by atomic mass is 9.97. The number of piperidine rings is 1. The van der Waals surface area contributed by atoms with Crippen LogP contribution < -0.4 is 10.7 Å². The Morgan fingerprint density at radius 1 is 1.11 bits per heavy atom. The highest BCUT2D eigenvalue weighted by atomic mass is 16.2. The Balaban J connectivity index is 1.44. The van der Waals surface area contributed by atoms with E-state index in [-0.39, 0.29) is 17.4 Å². The highest BCUT2D eigenvalue weighted by Gasteiger charge is 2.39. The van der Waals surface area contributed by atoms with E-state index in [1.54, 1.807) is 6.20 Å². The van der Waals surface area contributed by atoms with Gasteiger partial charge in [0.15, 0.2) is 0 Å². The number of nitrogens with zero attached hydrogens (tertiary/aromatic N) is 2. The monoisotopic (exact) mass is 365 g/mol. The molecule has 3 heterocycles. The molecule has 142 valence electrons. The van der Waals surface area contributed by atoms with E-state index in [1.807, 2.05) is 24.3 Å². The van der Waals surface area contributed by atoms with E-state index in [1.165, 1.54) is 25.7 Å². The van der Waals surface area contributed by atoms with Gasteiger partial charge in [0.2, 0.25) is 5.43 Å². The minimum Gasteiger partial charge on any atom is -0.349 e. The molecule has 3 aliphatic rings. The second-order valence-electron chi connectivity index (χ2n) is 8.68. The quantitative estimate of drug-likeness (QED) is 0.906. The van der Waals surface area contributed by atoms with E-state index in [2.05, 4.69) is 21.8 Å². The van der Waals surface area contributed by atoms with Crippen molar-refractivity contribution < 1.29 is 4.79 Å². The second-order valence-corrected chi connectivity index (χ2v) is 8.68. The number of rotatable bonds is 4. The number of benzene rings is 1. The molecule has 2 atom stereocenters. The minimum absolute atomic E-state index is 0.147. The van der Waals surface area contributed by atoms with Crippen molar-refractivity contribution in [2.75, 3.05) is 7.05 Å². The highest BCUT2D eigenvalue weighted by molar-refractivity contribution is 5.97. The van der Waals surface area contributed by atoms with E-state index in [0.717, 1.165) is 24.9 Å². The fourth-order valence-corrected chi connectivity index (χ4v) is 5.03. The lowest BCUT2D eigenvalue weighted by Crippen LogP contribution is -2.49. The van der Waals surface area contributed by atoms with E-state index in [9.17, 15) is 9.59 Å². The van der Waals surface area contributed by atoms with Crippen molar-refractivity contribution in [3.05, 3.63) is 46.2 Å². The van der Waals surface area contributed by atoms with Crippen molar-refractivity contribution in [1.82, 2.24) is 14.8 Å². The molecule has 2 bridgehead atoms. The third-order valence-electron chi connectivity index (χ3n) is 6.82. The van der Waals surface area contributed by atoms with Crippen molar-refractivity contribution in [3.63, 3.8) is 0 Å². The maximum absolute atomic E-state index is 13.0. The number of carbonyl (C=O) groups excluding carboxylic acids is 1. The Bertz CT molecular complexity index is 932. The summed E-state index contributed by atoms with van der Waals surface area (Å²) in [6.45, 7) is 0.888. The van der Waals surface area contributed by atoms with Crippen molar-refractivity contribution in [3.8, 4) is 0 Å². The molecule has 1 saturated carbocycles. The number of amides is 1.